The molecule has 5 aliphatic rings. The molecule has 0 radical (unpaired) electrons. The maximum atomic E-state index is 5.65. The van der Waals surface area contributed by atoms with E-state index in [4.69, 9.17) is 4.74 Å². The summed E-state index contributed by atoms with van der Waals surface area (Å²) < 4.78 is 5.65. The summed E-state index contributed by atoms with van der Waals surface area (Å²) in [4.78, 5) is 0. The number of nitrogens with one attached hydrogen (secondary N) is 1. The average Bonchev–Trinajstić information content (AvgIpc) is 2.38. The van der Waals surface area contributed by atoms with E-state index in [1.54, 1.807) is 19.3 Å². The minimum absolute atomic E-state index is 0.404. The molecule has 1 saturated heterocycles. The van der Waals surface area contributed by atoms with Gasteiger partial charge in [0, 0.05) is 18.8 Å². The molecule has 4 saturated carbocycles. The van der Waals surface area contributed by atoms with Crippen molar-refractivity contribution >= 4 is 0 Å². The van der Waals surface area contributed by atoms with Gasteiger partial charge >= 0.3 is 0 Å². The molecular weight excluding hydrogens is 222 g/mol. The molecule has 2 heteroatoms. The smallest absolute Gasteiger partial charge is 0.0483 e. The molecule has 0 atom stereocenters. The van der Waals surface area contributed by atoms with E-state index in [0.29, 0.717) is 11.0 Å². The van der Waals surface area contributed by atoms with Crippen molar-refractivity contribution in [3.63, 3.8) is 0 Å². The Hall–Kier alpha value is -0.0800. The van der Waals surface area contributed by atoms with E-state index >= 15 is 0 Å². The van der Waals surface area contributed by atoms with Crippen molar-refractivity contribution in [3.05, 3.63) is 0 Å². The van der Waals surface area contributed by atoms with Crippen LogP contribution in [0.2, 0.25) is 0 Å². The Morgan fingerprint density at radius 2 is 1.39 bits per heavy atom. The lowest BCUT2D eigenvalue weighted by atomic mass is 9.43. The van der Waals surface area contributed by atoms with E-state index in [0.717, 1.165) is 31.0 Å². The fourth-order valence-electron chi connectivity index (χ4n) is 6.46. The molecule has 1 N–H and O–H groups in total. The molecule has 102 valence electrons. The van der Waals surface area contributed by atoms with Crippen LogP contribution in [-0.4, -0.2) is 25.8 Å². The molecule has 0 unspecified atom stereocenters. The molecular formula is C16H27NO. The monoisotopic (exact) mass is 249 g/mol. The molecule has 4 bridgehead atoms. The van der Waals surface area contributed by atoms with E-state index in [2.05, 4.69) is 12.4 Å². The lowest BCUT2D eigenvalue weighted by Crippen LogP contribution is -2.65. The molecule has 4 aliphatic carbocycles. The Morgan fingerprint density at radius 3 is 1.83 bits per heavy atom. The van der Waals surface area contributed by atoms with Gasteiger partial charge in [0.2, 0.25) is 0 Å². The van der Waals surface area contributed by atoms with Crippen molar-refractivity contribution in [2.75, 3.05) is 20.3 Å². The zero-order valence-corrected chi connectivity index (χ0v) is 11.7. The number of rotatable bonds is 2. The highest BCUT2D eigenvalue weighted by Crippen LogP contribution is 2.65. The quantitative estimate of drug-likeness (QED) is 0.812. The first-order chi connectivity index (χ1) is 8.75. The van der Waals surface area contributed by atoms with Crippen LogP contribution in [0.3, 0.4) is 0 Å². The minimum Gasteiger partial charge on any atom is -0.381 e. The van der Waals surface area contributed by atoms with Crippen molar-refractivity contribution < 1.29 is 4.74 Å². The predicted octanol–water partition coefficient (Wildman–Crippen LogP) is 2.97. The summed E-state index contributed by atoms with van der Waals surface area (Å²) >= 11 is 0. The van der Waals surface area contributed by atoms with Gasteiger partial charge in [-0.25, -0.2) is 0 Å². The van der Waals surface area contributed by atoms with Gasteiger partial charge in [0.25, 0.3) is 0 Å². The Bertz CT molecular complexity index is 297. The van der Waals surface area contributed by atoms with Gasteiger partial charge in [0.1, 0.15) is 0 Å². The maximum Gasteiger partial charge on any atom is 0.0483 e. The van der Waals surface area contributed by atoms with Crippen LogP contribution in [0.1, 0.15) is 51.4 Å². The van der Waals surface area contributed by atoms with Crippen LogP contribution in [0, 0.1) is 23.2 Å². The summed E-state index contributed by atoms with van der Waals surface area (Å²) in [5.41, 5.74) is 1.03. The van der Waals surface area contributed by atoms with Gasteiger partial charge in [-0.2, -0.15) is 0 Å². The van der Waals surface area contributed by atoms with Crippen LogP contribution < -0.4 is 5.32 Å². The zero-order chi connectivity index (χ0) is 12.2. The third-order valence-corrected chi connectivity index (χ3v) is 6.88. The van der Waals surface area contributed by atoms with Gasteiger partial charge in [-0.05, 0) is 81.6 Å². The van der Waals surface area contributed by atoms with Crippen molar-refractivity contribution in [1.29, 1.82) is 0 Å². The molecule has 1 heterocycles. The molecule has 0 aromatic carbocycles. The lowest BCUT2D eigenvalue weighted by Gasteiger charge is -2.64. The Balaban J connectivity index is 1.69. The average molecular weight is 249 g/mol. The second kappa shape index (κ2) is 3.96. The molecule has 5 fully saturated rings. The van der Waals surface area contributed by atoms with Gasteiger partial charge in [0.05, 0.1) is 0 Å². The van der Waals surface area contributed by atoms with Crippen molar-refractivity contribution in [2.45, 2.75) is 56.9 Å². The Kier molecular flexibility index (Phi) is 2.58. The third-order valence-electron chi connectivity index (χ3n) is 6.88. The van der Waals surface area contributed by atoms with E-state index < -0.39 is 0 Å². The number of hydrogen-bond donors (Lipinski definition) is 1. The van der Waals surface area contributed by atoms with Crippen molar-refractivity contribution in [1.82, 2.24) is 5.32 Å². The standard InChI is InChI=1S/C16H27NO/c1-17-16(2-4-18-5-3-16)15-9-12-6-13(10-15)8-14(7-12)11-15/h12-14,17H,2-11H2,1H3. The van der Waals surface area contributed by atoms with Crippen LogP contribution in [0.4, 0.5) is 0 Å². The summed E-state index contributed by atoms with van der Waals surface area (Å²) in [5.74, 6) is 3.18. The molecule has 0 aromatic heterocycles. The first-order valence-electron chi connectivity index (χ1n) is 8.02. The van der Waals surface area contributed by atoms with E-state index in [9.17, 15) is 0 Å². The largest absolute Gasteiger partial charge is 0.381 e. The third kappa shape index (κ3) is 1.48. The minimum atomic E-state index is 0.404. The normalized spacial score (nSPS) is 49.5. The highest BCUT2D eigenvalue weighted by molar-refractivity contribution is 5.13. The Labute approximate surface area is 111 Å². The van der Waals surface area contributed by atoms with Gasteiger partial charge in [-0.1, -0.05) is 0 Å². The SMILES string of the molecule is CNC1(C23CC4CC(CC(C4)C2)C3)CCOCC1. The summed E-state index contributed by atoms with van der Waals surface area (Å²) in [6, 6.07) is 0. The highest BCUT2D eigenvalue weighted by atomic mass is 16.5. The van der Waals surface area contributed by atoms with E-state index in [1.807, 2.05) is 0 Å². The van der Waals surface area contributed by atoms with Gasteiger partial charge in [-0.15, -0.1) is 0 Å². The maximum absolute atomic E-state index is 5.65. The first-order valence-corrected chi connectivity index (χ1v) is 8.02. The van der Waals surface area contributed by atoms with Crippen molar-refractivity contribution in [2.24, 2.45) is 23.2 Å². The highest BCUT2D eigenvalue weighted by Gasteiger charge is 2.59. The van der Waals surface area contributed by atoms with Gasteiger partial charge in [-0.3, -0.25) is 0 Å². The fourth-order valence-corrected chi connectivity index (χ4v) is 6.46. The number of hydrogen-bond acceptors (Lipinski definition) is 2. The molecule has 0 aromatic rings. The molecule has 2 nitrogen and oxygen atoms in total. The van der Waals surface area contributed by atoms with Crippen LogP contribution >= 0.6 is 0 Å². The van der Waals surface area contributed by atoms with Crippen molar-refractivity contribution in [3.8, 4) is 0 Å². The summed E-state index contributed by atoms with van der Waals surface area (Å²) in [7, 11) is 2.21. The lowest BCUT2D eigenvalue weighted by molar-refractivity contribution is -0.133. The summed E-state index contributed by atoms with van der Waals surface area (Å²) in [6.07, 6.45) is 11.7. The van der Waals surface area contributed by atoms with E-state index in [-0.39, 0.29) is 0 Å². The van der Waals surface area contributed by atoms with E-state index in [1.165, 1.54) is 32.1 Å². The van der Waals surface area contributed by atoms with Crippen LogP contribution in [-0.2, 0) is 4.74 Å². The van der Waals surface area contributed by atoms with Gasteiger partial charge < -0.3 is 10.1 Å². The van der Waals surface area contributed by atoms with Crippen LogP contribution in [0.5, 0.6) is 0 Å². The molecule has 0 amide bonds. The second-order valence-electron chi connectivity index (χ2n) is 7.64. The fraction of sp³-hybridized carbons (Fsp3) is 1.00. The molecule has 18 heavy (non-hydrogen) atoms. The Morgan fingerprint density at radius 1 is 0.889 bits per heavy atom. The molecule has 5 rings (SSSR count). The van der Waals surface area contributed by atoms with Crippen LogP contribution in [0.25, 0.3) is 0 Å². The zero-order valence-electron chi connectivity index (χ0n) is 11.7. The number of ether oxygens (including phenoxy) is 1. The van der Waals surface area contributed by atoms with Gasteiger partial charge in [0.15, 0.2) is 0 Å². The molecule has 0 spiro atoms. The second-order valence-corrected chi connectivity index (χ2v) is 7.64. The topological polar surface area (TPSA) is 21.3 Å². The predicted molar refractivity (Wildman–Crippen MR) is 72.4 cm³/mol. The first kappa shape index (κ1) is 11.7. The summed E-state index contributed by atoms with van der Waals surface area (Å²) in [6.45, 7) is 1.95. The summed E-state index contributed by atoms with van der Waals surface area (Å²) in [5, 5.41) is 3.79. The van der Waals surface area contributed by atoms with Crippen LogP contribution in [0.15, 0.2) is 0 Å². The molecule has 1 aliphatic heterocycles.